The van der Waals surface area contributed by atoms with E-state index in [9.17, 15) is 29.4 Å². The van der Waals surface area contributed by atoms with Gasteiger partial charge in [0.1, 0.15) is 23.9 Å². The number of phenolic OH excluding ortho intramolecular Hbond substituents is 1. The lowest BCUT2D eigenvalue weighted by atomic mass is 9.99. The summed E-state index contributed by atoms with van der Waals surface area (Å²) in [6, 6.07) is 10.9. The molecule has 11 heteroatoms. The maximum Gasteiger partial charge on any atom is 0.326 e. The molecule has 0 heterocycles. The molecule has 4 atom stereocenters. The first-order valence-electron chi connectivity index (χ1n) is 13.4. The van der Waals surface area contributed by atoms with Crippen LogP contribution in [0.25, 0.3) is 0 Å². The van der Waals surface area contributed by atoms with E-state index in [0.717, 1.165) is 12.0 Å². The number of aromatic hydroxyl groups is 1. The zero-order valence-corrected chi connectivity index (χ0v) is 23.0. The topological polar surface area (TPSA) is 197 Å². The van der Waals surface area contributed by atoms with Gasteiger partial charge in [0.05, 0.1) is 6.04 Å². The average Bonchev–Trinajstić information content (AvgIpc) is 2.92. The van der Waals surface area contributed by atoms with Gasteiger partial charge in [0.15, 0.2) is 0 Å². The SMILES string of the molecule is CC(C)C(NC(=O)C(Cc1ccccc1)NC(=O)C(N)CCCCN)C(=O)NC(Cc1ccc(O)cc1)C(=O)O. The molecule has 0 fully saturated rings. The summed E-state index contributed by atoms with van der Waals surface area (Å²) in [4.78, 5) is 51.3. The van der Waals surface area contributed by atoms with E-state index in [1.807, 2.05) is 30.3 Å². The summed E-state index contributed by atoms with van der Waals surface area (Å²) in [6.07, 6.45) is 1.96. The second-order valence-electron chi connectivity index (χ2n) is 10.1. The molecule has 218 valence electrons. The minimum absolute atomic E-state index is 0.0190. The monoisotopic (exact) mass is 555 g/mol. The standard InChI is InChI=1S/C29H41N5O6/c1-18(2)25(28(38)33-24(29(39)40)17-20-11-13-21(35)14-12-20)34-27(37)23(16-19-8-4-3-5-9-19)32-26(36)22(31)10-6-7-15-30/h3-5,8-9,11-14,18,22-25,35H,6-7,10,15-17,30-31H2,1-2H3,(H,32,36)(H,33,38)(H,34,37)(H,39,40). The van der Waals surface area contributed by atoms with E-state index < -0.39 is 53.8 Å². The second kappa shape index (κ2) is 16.2. The Morgan fingerprint density at radius 3 is 1.93 bits per heavy atom. The van der Waals surface area contributed by atoms with Gasteiger partial charge < -0.3 is 37.6 Å². The number of hydrogen-bond acceptors (Lipinski definition) is 7. The van der Waals surface area contributed by atoms with Crippen LogP contribution in [0.3, 0.4) is 0 Å². The molecule has 3 amide bonds. The highest BCUT2D eigenvalue weighted by Crippen LogP contribution is 2.13. The van der Waals surface area contributed by atoms with Crippen LogP contribution >= 0.6 is 0 Å². The van der Waals surface area contributed by atoms with Crippen LogP contribution in [0.1, 0.15) is 44.2 Å². The highest BCUT2D eigenvalue weighted by atomic mass is 16.4. The van der Waals surface area contributed by atoms with Crippen LogP contribution < -0.4 is 27.4 Å². The van der Waals surface area contributed by atoms with Gasteiger partial charge in [0.25, 0.3) is 0 Å². The number of carbonyl (C=O) groups is 4. The van der Waals surface area contributed by atoms with Gasteiger partial charge in [-0.3, -0.25) is 14.4 Å². The lowest BCUT2D eigenvalue weighted by Gasteiger charge is -2.27. The maximum absolute atomic E-state index is 13.4. The van der Waals surface area contributed by atoms with Crippen molar-refractivity contribution in [2.75, 3.05) is 6.54 Å². The number of phenols is 1. The summed E-state index contributed by atoms with van der Waals surface area (Å²) in [7, 11) is 0. The van der Waals surface area contributed by atoms with Crippen LogP contribution in [-0.2, 0) is 32.0 Å². The van der Waals surface area contributed by atoms with Gasteiger partial charge in [-0.15, -0.1) is 0 Å². The van der Waals surface area contributed by atoms with Crippen molar-refractivity contribution < 1.29 is 29.4 Å². The molecule has 0 aromatic heterocycles. The van der Waals surface area contributed by atoms with Crippen molar-refractivity contribution in [1.29, 1.82) is 0 Å². The number of carbonyl (C=O) groups excluding carboxylic acids is 3. The Hall–Kier alpha value is -3.96. The van der Waals surface area contributed by atoms with Crippen LogP contribution in [0, 0.1) is 5.92 Å². The van der Waals surface area contributed by atoms with Gasteiger partial charge in [-0.05, 0) is 48.6 Å². The minimum Gasteiger partial charge on any atom is -0.508 e. The van der Waals surface area contributed by atoms with Crippen molar-refractivity contribution in [3.63, 3.8) is 0 Å². The highest BCUT2D eigenvalue weighted by molar-refractivity contribution is 5.94. The van der Waals surface area contributed by atoms with Crippen LogP contribution in [0.15, 0.2) is 54.6 Å². The molecule has 0 bridgehead atoms. The fraction of sp³-hybridized carbons (Fsp3) is 0.448. The van der Waals surface area contributed by atoms with Gasteiger partial charge >= 0.3 is 5.97 Å². The van der Waals surface area contributed by atoms with E-state index >= 15 is 0 Å². The van der Waals surface area contributed by atoms with Crippen LogP contribution in [0.5, 0.6) is 5.75 Å². The number of unbranched alkanes of at least 4 members (excludes halogenated alkanes) is 1. The number of rotatable bonds is 16. The zero-order chi connectivity index (χ0) is 29.7. The fourth-order valence-electron chi connectivity index (χ4n) is 4.10. The first-order chi connectivity index (χ1) is 19.0. The quantitative estimate of drug-likeness (QED) is 0.148. The molecular weight excluding hydrogens is 514 g/mol. The van der Waals surface area contributed by atoms with Crippen molar-refractivity contribution in [3.8, 4) is 5.75 Å². The molecule has 0 aliphatic carbocycles. The Labute approximate surface area is 234 Å². The summed E-state index contributed by atoms with van der Waals surface area (Å²) in [5.74, 6) is -3.34. The van der Waals surface area contributed by atoms with Crippen molar-refractivity contribution in [2.24, 2.45) is 17.4 Å². The van der Waals surface area contributed by atoms with Crippen molar-refractivity contribution in [3.05, 3.63) is 65.7 Å². The molecule has 0 saturated heterocycles. The Bertz CT molecular complexity index is 1110. The third-order valence-electron chi connectivity index (χ3n) is 6.46. The number of aliphatic carboxylic acids is 1. The maximum atomic E-state index is 13.4. The van der Waals surface area contributed by atoms with E-state index in [1.54, 1.807) is 26.0 Å². The smallest absolute Gasteiger partial charge is 0.326 e. The second-order valence-corrected chi connectivity index (χ2v) is 10.1. The van der Waals surface area contributed by atoms with Gasteiger partial charge in [-0.2, -0.15) is 0 Å². The molecule has 0 aliphatic heterocycles. The fourth-order valence-corrected chi connectivity index (χ4v) is 4.10. The Kier molecular flexibility index (Phi) is 13.1. The molecule has 0 spiro atoms. The molecule has 4 unspecified atom stereocenters. The predicted molar refractivity (Wildman–Crippen MR) is 151 cm³/mol. The Morgan fingerprint density at radius 2 is 1.35 bits per heavy atom. The molecule has 0 radical (unpaired) electrons. The first kappa shape index (κ1) is 32.3. The van der Waals surface area contributed by atoms with Crippen LogP contribution in [-0.4, -0.2) is 64.6 Å². The molecular formula is C29H41N5O6. The number of nitrogens with one attached hydrogen (secondary N) is 3. The van der Waals surface area contributed by atoms with Gasteiger partial charge in [-0.25, -0.2) is 4.79 Å². The predicted octanol–water partition coefficient (Wildman–Crippen LogP) is 0.829. The number of hydrogen-bond donors (Lipinski definition) is 7. The van der Waals surface area contributed by atoms with Crippen LogP contribution in [0.4, 0.5) is 0 Å². The molecule has 11 nitrogen and oxygen atoms in total. The van der Waals surface area contributed by atoms with Gasteiger partial charge in [0, 0.05) is 12.8 Å². The van der Waals surface area contributed by atoms with E-state index in [4.69, 9.17) is 11.5 Å². The Balaban J connectivity index is 2.16. The highest BCUT2D eigenvalue weighted by Gasteiger charge is 2.32. The van der Waals surface area contributed by atoms with Crippen molar-refractivity contribution in [2.45, 2.75) is 70.1 Å². The van der Waals surface area contributed by atoms with Gasteiger partial charge in [0.2, 0.25) is 17.7 Å². The van der Waals surface area contributed by atoms with Crippen molar-refractivity contribution >= 4 is 23.7 Å². The number of nitrogens with two attached hydrogens (primary N) is 2. The lowest BCUT2D eigenvalue weighted by Crippen LogP contribution is -2.59. The third kappa shape index (κ3) is 10.7. The Morgan fingerprint density at radius 1 is 0.775 bits per heavy atom. The molecule has 40 heavy (non-hydrogen) atoms. The number of carboxylic acid groups (broad SMARTS) is 1. The van der Waals surface area contributed by atoms with E-state index in [-0.39, 0.29) is 18.6 Å². The molecule has 2 rings (SSSR count). The molecule has 2 aromatic carbocycles. The molecule has 2 aromatic rings. The number of carboxylic acids is 1. The molecule has 9 N–H and O–H groups in total. The molecule has 0 saturated carbocycles. The summed E-state index contributed by atoms with van der Waals surface area (Å²) >= 11 is 0. The summed E-state index contributed by atoms with van der Waals surface area (Å²) in [5.41, 5.74) is 12.9. The zero-order valence-electron chi connectivity index (χ0n) is 23.0. The van der Waals surface area contributed by atoms with Crippen LogP contribution in [0.2, 0.25) is 0 Å². The summed E-state index contributed by atoms with van der Waals surface area (Å²) < 4.78 is 0. The van der Waals surface area contributed by atoms with Crippen molar-refractivity contribution in [1.82, 2.24) is 16.0 Å². The normalized spacial score (nSPS) is 14.0. The van der Waals surface area contributed by atoms with E-state index in [0.29, 0.717) is 24.9 Å². The summed E-state index contributed by atoms with van der Waals surface area (Å²) in [6.45, 7) is 3.93. The lowest BCUT2D eigenvalue weighted by molar-refractivity contribution is -0.142. The van der Waals surface area contributed by atoms with E-state index in [1.165, 1.54) is 12.1 Å². The molecule has 0 aliphatic rings. The largest absolute Gasteiger partial charge is 0.508 e. The van der Waals surface area contributed by atoms with Gasteiger partial charge in [-0.1, -0.05) is 62.7 Å². The van der Waals surface area contributed by atoms with E-state index in [2.05, 4.69) is 16.0 Å². The number of benzene rings is 2. The number of amides is 3. The average molecular weight is 556 g/mol. The third-order valence-corrected chi connectivity index (χ3v) is 6.46. The minimum atomic E-state index is -1.26. The summed E-state index contributed by atoms with van der Waals surface area (Å²) in [5, 5.41) is 27.1. The first-order valence-corrected chi connectivity index (χ1v) is 13.4.